The van der Waals surface area contributed by atoms with Crippen LogP contribution in [-0.4, -0.2) is 16.4 Å². The minimum absolute atomic E-state index is 0.375. The Morgan fingerprint density at radius 3 is 2.40 bits per heavy atom. The summed E-state index contributed by atoms with van der Waals surface area (Å²) >= 11 is 0. The van der Waals surface area contributed by atoms with Gasteiger partial charge >= 0.3 is 0 Å². The van der Waals surface area contributed by atoms with Crippen LogP contribution in [0.4, 0.5) is 0 Å². The van der Waals surface area contributed by atoms with Crippen LogP contribution in [0.2, 0.25) is 0 Å². The second-order valence-corrected chi connectivity index (χ2v) is 9.83. The number of amidine groups is 1. The highest BCUT2D eigenvalue weighted by Crippen LogP contribution is 2.39. The van der Waals surface area contributed by atoms with E-state index in [9.17, 15) is 5.26 Å². The van der Waals surface area contributed by atoms with Crippen LogP contribution >= 0.6 is 0 Å². The first-order chi connectivity index (χ1) is 19.8. The highest BCUT2D eigenvalue weighted by atomic mass is 16.3. The van der Waals surface area contributed by atoms with E-state index in [4.69, 9.17) is 14.4 Å². The molecule has 6 nitrogen and oxygen atoms in total. The van der Waals surface area contributed by atoms with Crippen molar-refractivity contribution in [1.29, 1.82) is 5.26 Å². The monoisotopic (exact) mass is 515 g/mol. The summed E-state index contributed by atoms with van der Waals surface area (Å²) in [5.74, 6) is 1.20. The molecule has 0 bridgehead atoms. The van der Waals surface area contributed by atoms with Crippen LogP contribution in [0.25, 0.3) is 43.7 Å². The largest absolute Gasteiger partial charge is 0.454 e. The summed E-state index contributed by atoms with van der Waals surface area (Å²) in [7, 11) is 0. The van der Waals surface area contributed by atoms with Gasteiger partial charge in [-0.25, -0.2) is 4.99 Å². The van der Waals surface area contributed by atoms with Gasteiger partial charge in [-0.1, -0.05) is 84.9 Å². The number of aromatic nitrogens is 1. The lowest BCUT2D eigenvalue weighted by Gasteiger charge is -2.24. The van der Waals surface area contributed by atoms with Crippen molar-refractivity contribution >= 4 is 55.5 Å². The van der Waals surface area contributed by atoms with Crippen molar-refractivity contribution in [2.75, 3.05) is 0 Å². The SMILES string of the molecule is N#Cc1cccc(C2=NC(n3c4ccccc4c4ccc5c6ccccc6oc5c43)=NC(c3ccccc3)N2)c1. The Hall–Kier alpha value is -5.67. The summed E-state index contributed by atoms with van der Waals surface area (Å²) in [4.78, 5) is 10.2. The van der Waals surface area contributed by atoms with Gasteiger partial charge < -0.3 is 9.73 Å². The lowest BCUT2D eigenvalue weighted by atomic mass is 10.1. The zero-order valence-electron chi connectivity index (χ0n) is 21.2. The standard InChI is InChI=1S/C34H21N5O/c35-20-21-9-8-12-23(19-21)33-36-32(22-10-2-1-3-11-22)37-34(38-33)39-28-15-6-4-13-24(28)26-17-18-27-25-14-5-7-16-29(25)40-31(27)30(26)39/h1-19,32H,(H,36,37,38). The van der Waals surface area contributed by atoms with Gasteiger partial charge in [0.25, 0.3) is 0 Å². The molecule has 1 aliphatic rings. The van der Waals surface area contributed by atoms with Crippen LogP contribution < -0.4 is 5.32 Å². The van der Waals surface area contributed by atoms with Gasteiger partial charge in [-0.3, -0.25) is 4.57 Å². The molecule has 0 aliphatic carbocycles. The number of furan rings is 1. The quantitative estimate of drug-likeness (QED) is 0.259. The topological polar surface area (TPSA) is 78.6 Å². The Morgan fingerprint density at radius 1 is 0.750 bits per heavy atom. The minimum Gasteiger partial charge on any atom is -0.454 e. The van der Waals surface area contributed by atoms with E-state index in [1.54, 1.807) is 6.07 Å². The molecule has 0 spiro atoms. The second-order valence-electron chi connectivity index (χ2n) is 9.83. The first-order valence-electron chi connectivity index (χ1n) is 13.1. The van der Waals surface area contributed by atoms with Gasteiger partial charge in [0.15, 0.2) is 5.58 Å². The molecular formula is C34H21N5O. The molecular weight excluding hydrogens is 494 g/mol. The third-order valence-electron chi connectivity index (χ3n) is 7.49. The summed E-state index contributed by atoms with van der Waals surface area (Å²) in [6, 6.07) is 40.5. The number of nitriles is 1. The van der Waals surface area contributed by atoms with E-state index >= 15 is 0 Å². The number of aliphatic imine (C=N–C) groups is 2. The van der Waals surface area contributed by atoms with Crippen molar-refractivity contribution in [1.82, 2.24) is 9.88 Å². The van der Waals surface area contributed by atoms with E-state index in [1.165, 1.54) is 0 Å². The zero-order chi connectivity index (χ0) is 26.6. The van der Waals surface area contributed by atoms with Crippen molar-refractivity contribution < 1.29 is 4.42 Å². The Morgan fingerprint density at radius 2 is 1.52 bits per heavy atom. The number of nitrogens with zero attached hydrogens (tertiary/aromatic N) is 4. The summed E-state index contributed by atoms with van der Waals surface area (Å²) in [5, 5.41) is 17.3. The summed E-state index contributed by atoms with van der Waals surface area (Å²) in [6.07, 6.45) is -0.375. The molecule has 0 saturated heterocycles. The van der Waals surface area contributed by atoms with Crippen LogP contribution in [0.5, 0.6) is 0 Å². The van der Waals surface area contributed by atoms with E-state index in [0.717, 1.165) is 54.9 Å². The first-order valence-corrected chi connectivity index (χ1v) is 13.1. The molecule has 0 radical (unpaired) electrons. The maximum Gasteiger partial charge on any atom is 0.234 e. The lowest BCUT2D eigenvalue weighted by molar-refractivity contribution is 0.665. The van der Waals surface area contributed by atoms with Gasteiger partial charge in [-0.15, -0.1) is 0 Å². The third kappa shape index (κ3) is 3.35. The molecule has 5 aromatic carbocycles. The number of nitrogens with one attached hydrogen (secondary N) is 1. The number of hydrogen-bond donors (Lipinski definition) is 1. The summed E-state index contributed by atoms with van der Waals surface area (Å²) < 4.78 is 8.62. The van der Waals surface area contributed by atoms with Gasteiger partial charge in [0.1, 0.15) is 23.1 Å². The molecule has 188 valence electrons. The predicted octanol–water partition coefficient (Wildman–Crippen LogP) is 7.52. The Balaban J connectivity index is 1.46. The van der Waals surface area contributed by atoms with Crippen LogP contribution in [0, 0.1) is 11.3 Å². The maximum atomic E-state index is 9.54. The fourth-order valence-electron chi connectivity index (χ4n) is 5.66. The number of rotatable bonds is 2. The molecule has 8 rings (SSSR count). The van der Waals surface area contributed by atoms with Crippen molar-refractivity contribution in [3.05, 3.63) is 132 Å². The molecule has 7 aromatic rings. The summed E-state index contributed by atoms with van der Waals surface area (Å²) in [6.45, 7) is 0. The molecule has 1 unspecified atom stereocenters. The molecule has 3 heterocycles. The zero-order valence-corrected chi connectivity index (χ0v) is 21.2. The molecule has 1 atom stereocenters. The normalized spacial score (nSPS) is 15.2. The van der Waals surface area contributed by atoms with Crippen LogP contribution in [0.1, 0.15) is 22.9 Å². The molecule has 0 amide bonds. The molecule has 6 heteroatoms. The van der Waals surface area contributed by atoms with Crippen molar-refractivity contribution in [3.8, 4) is 6.07 Å². The van der Waals surface area contributed by atoms with E-state index in [2.05, 4.69) is 58.4 Å². The Labute approximate surface area is 229 Å². The molecule has 1 N–H and O–H groups in total. The highest BCUT2D eigenvalue weighted by Gasteiger charge is 2.25. The van der Waals surface area contributed by atoms with E-state index in [0.29, 0.717) is 17.4 Å². The molecule has 0 saturated carbocycles. The van der Waals surface area contributed by atoms with Gasteiger partial charge in [-0.2, -0.15) is 10.3 Å². The fourth-order valence-corrected chi connectivity index (χ4v) is 5.66. The molecule has 40 heavy (non-hydrogen) atoms. The lowest BCUT2D eigenvalue weighted by Crippen LogP contribution is -2.35. The number of para-hydroxylation sites is 2. The molecule has 0 fully saturated rings. The van der Waals surface area contributed by atoms with Gasteiger partial charge in [0.2, 0.25) is 5.96 Å². The Kier molecular flexibility index (Phi) is 4.85. The van der Waals surface area contributed by atoms with Crippen LogP contribution in [0.15, 0.2) is 130 Å². The van der Waals surface area contributed by atoms with Gasteiger partial charge in [0, 0.05) is 27.1 Å². The van der Waals surface area contributed by atoms with Crippen molar-refractivity contribution in [2.24, 2.45) is 9.98 Å². The van der Waals surface area contributed by atoms with E-state index in [1.807, 2.05) is 66.7 Å². The average Bonchev–Trinajstić information content (AvgIpc) is 3.57. The number of fused-ring (bicyclic) bond motifs is 7. The number of benzene rings is 5. The van der Waals surface area contributed by atoms with Crippen molar-refractivity contribution in [3.63, 3.8) is 0 Å². The minimum atomic E-state index is -0.375. The fraction of sp³-hybridized carbons (Fsp3) is 0.0294. The molecule has 1 aliphatic heterocycles. The maximum absolute atomic E-state index is 9.54. The molecule has 2 aromatic heterocycles. The van der Waals surface area contributed by atoms with E-state index in [-0.39, 0.29) is 6.17 Å². The smallest absolute Gasteiger partial charge is 0.234 e. The Bertz CT molecular complexity index is 2210. The summed E-state index contributed by atoms with van der Waals surface area (Å²) in [5.41, 5.74) is 5.97. The first kappa shape index (κ1) is 22.3. The number of hydrogen-bond acceptors (Lipinski definition) is 5. The predicted molar refractivity (Wildman–Crippen MR) is 160 cm³/mol. The van der Waals surface area contributed by atoms with Crippen LogP contribution in [-0.2, 0) is 0 Å². The van der Waals surface area contributed by atoms with E-state index < -0.39 is 0 Å². The van der Waals surface area contributed by atoms with Crippen molar-refractivity contribution in [2.45, 2.75) is 6.17 Å². The third-order valence-corrected chi connectivity index (χ3v) is 7.49. The second kappa shape index (κ2) is 8.69. The highest BCUT2D eigenvalue weighted by molar-refractivity contribution is 6.24. The van der Waals surface area contributed by atoms with Crippen LogP contribution in [0.3, 0.4) is 0 Å². The average molecular weight is 516 g/mol. The van der Waals surface area contributed by atoms with Gasteiger partial charge in [0.05, 0.1) is 17.1 Å². The van der Waals surface area contributed by atoms with Gasteiger partial charge in [-0.05, 0) is 35.9 Å².